The predicted molar refractivity (Wildman–Crippen MR) is 65.5 cm³/mol. The Balaban J connectivity index is 2.26. The van der Waals surface area contributed by atoms with Gasteiger partial charge in [-0.3, -0.25) is 4.79 Å². The van der Waals surface area contributed by atoms with Crippen LogP contribution in [-0.2, 0) is 0 Å². The van der Waals surface area contributed by atoms with E-state index in [-0.39, 0.29) is 11.3 Å². The third-order valence-corrected chi connectivity index (χ3v) is 2.46. The third kappa shape index (κ3) is 2.77. The average Bonchev–Trinajstić information content (AvgIpc) is 2.42. The molecule has 1 amide bonds. The van der Waals surface area contributed by atoms with Gasteiger partial charge in [-0.05, 0) is 24.3 Å². The number of nitrogens with zero attached hydrogens (tertiary/aromatic N) is 1. The van der Waals surface area contributed by atoms with Gasteiger partial charge in [0.1, 0.15) is 0 Å². The van der Waals surface area contributed by atoms with Crippen molar-refractivity contribution in [2.24, 2.45) is 0 Å². The largest absolute Gasteiger partial charge is 0.478 e. The molecule has 0 saturated heterocycles. The minimum absolute atomic E-state index is 0.0378. The van der Waals surface area contributed by atoms with E-state index < -0.39 is 29.2 Å². The molecule has 5 nitrogen and oxygen atoms in total. The van der Waals surface area contributed by atoms with Gasteiger partial charge in [-0.1, -0.05) is 6.07 Å². The first-order valence-electron chi connectivity index (χ1n) is 5.44. The number of halogens is 2. The standard InChI is InChI=1S/C13H8F2N2O3/c14-10-9(4-5-16-11(10)15)12(18)17-8-3-1-2-7(6-8)13(19)20/h1-6H,(H,17,18)(H,19,20). The molecule has 1 heterocycles. The zero-order valence-corrected chi connectivity index (χ0v) is 9.93. The SMILES string of the molecule is O=C(O)c1cccc(NC(=O)c2ccnc(F)c2F)c1. The van der Waals surface area contributed by atoms with Gasteiger partial charge in [-0.2, -0.15) is 4.39 Å². The summed E-state index contributed by atoms with van der Waals surface area (Å²) < 4.78 is 26.3. The number of rotatable bonds is 3. The van der Waals surface area contributed by atoms with Crippen molar-refractivity contribution in [1.82, 2.24) is 4.98 Å². The minimum atomic E-state index is -1.38. The van der Waals surface area contributed by atoms with Crippen LogP contribution in [-0.4, -0.2) is 22.0 Å². The first kappa shape index (κ1) is 13.6. The van der Waals surface area contributed by atoms with Crippen LogP contribution in [0.25, 0.3) is 0 Å². The highest BCUT2D eigenvalue weighted by atomic mass is 19.2. The van der Waals surface area contributed by atoms with Gasteiger partial charge < -0.3 is 10.4 Å². The molecule has 102 valence electrons. The number of nitrogens with one attached hydrogen (secondary N) is 1. The lowest BCUT2D eigenvalue weighted by Crippen LogP contribution is -2.15. The minimum Gasteiger partial charge on any atom is -0.478 e. The van der Waals surface area contributed by atoms with Gasteiger partial charge in [-0.15, -0.1) is 0 Å². The van der Waals surface area contributed by atoms with Crippen LogP contribution in [0.2, 0.25) is 0 Å². The Morgan fingerprint density at radius 3 is 2.65 bits per heavy atom. The summed E-state index contributed by atoms with van der Waals surface area (Å²) in [5.41, 5.74) is -0.395. The molecular weight excluding hydrogens is 270 g/mol. The molecular formula is C13H8F2N2O3. The van der Waals surface area contributed by atoms with Crippen LogP contribution in [0.1, 0.15) is 20.7 Å². The van der Waals surface area contributed by atoms with E-state index in [2.05, 4.69) is 10.3 Å². The first-order chi connectivity index (χ1) is 9.49. The van der Waals surface area contributed by atoms with Crippen LogP contribution in [0.5, 0.6) is 0 Å². The molecule has 0 aliphatic rings. The van der Waals surface area contributed by atoms with Gasteiger partial charge >= 0.3 is 5.97 Å². The van der Waals surface area contributed by atoms with Crippen LogP contribution < -0.4 is 5.32 Å². The number of pyridine rings is 1. The van der Waals surface area contributed by atoms with Crippen LogP contribution >= 0.6 is 0 Å². The van der Waals surface area contributed by atoms with Crippen molar-refractivity contribution >= 4 is 17.6 Å². The predicted octanol–water partition coefficient (Wildman–Crippen LogP) is 2.31. The average molecular weight is 278 g/mol. The molecule has 0 radical (unpaired) electrons. The summed E-state index contributed by atoms with van der Waals surface area (Å²) >= 11 is 0. The second kappa shape index (κ2) is 5.43. The molecule has 0 spiro atoms. The van der Waals surface area contributed by atoms with Gasteiger partial charge in [0.15, 0.2) is 5.82 Å². The van der Waals surface area contributed by atoms with Gasteiger partial charge in [-0.25, -0.2) is 14.2 Å². The fourth-order valence-corrected chi connectivity index (χ4v) is 1.52. The number of amides is 1. The van der Waals surface area contributed by atoms with Crippen molar-refractivity contribution < 1.29 is 23.5 Å². The lowest BCUT2D eigenvalue weighted by Gasteiger charge is -2.06. The quantitative estimate of drug-likeness (QED) is 0.844. The number of anilines is 1. The first-order valence-corrected chi connectivity index (χ1v) is 5.44. The second-order valence-electron chi connectivity index (χ2n) is 3.80. The number of aromatic nitrogens is 1. The summed E-state index contributed by atoms with van der Waals surface area (Å²) in [7, 11) is 0. The van der Waals surface area contributed by atoms with Gasteiger partial charge in [0.25, 0.3) is 5.91 Å². The van der Waals surface area contributed by atoms with E-state index in [9.17, 15) is 18.4 Å². The van der Waals surface area contributed by atoms with E-state index >= 15 is 0 Å². The highest BCUT2D eigenvalue weighted by Gasteiger charge is 2.16. The summed E-state index contributed by atoms with van der Waals surface area (Å²) in [4.78, 5) is 25.6. The maximum absolute atomic E-state index is 13.4. The summed E-state index contributed by atoms with van der Waals surface area (Å²) in [6.45, 7) is 0. The topological polar surface area (TPSA) is 79.3 Å². The number of hydrogen-bond acceptors (Lipinski definition) is 3. The molecule has 0 saturated carbocycles. The van der Waals surface area contributed by atoms with Crippen molar-refractivity contribution in [2.45, 2.75) is 0 Å². The lowest BCUT2D eigenvalue weighted by atomic mass is 10.2. The maximum atomic E-state index is 13.4. The number of aromatic carboxylic acids is 1. The molecule has 0 atom stereocenters. The van der Waals surface area contributed by atoms with Gasteiger partial charge in [0.2, 0.25) is 5.95 Å². The number of carbonyl (C=O) groups excluding carboxylic acids is 1. The van der Waals surface area contributed by atoms with Crippen molar-refractivity contribution in [3.8, 4) is 0 Å². The molecule has 2 aromatic rings. The van der Waals surface area contributed by atoms with Crippen LogP contribution in [0.4, 0.5) is 14.5 Å². The molecule has 0 fully saturated rings. The summed E-state index contributed by atoms with van der Waals surface area (Å²) in [5.74, 6) is -4.80. The molecule has 0 aliphatic heterocycles. The number of carboxylic acids is 1. The summed E-state index contributed by atoms with van der Waals surface area (Å²) in [6.07, 6.45) is 0.959. The number of benzene rings is 1. The van der Waals surface area contributed by atoms with E-state index in [1.807, 2.05) is 0 Å². The second-order valence-corrected chi connectivity index (χ2v) is 3.80. The molecule has 1 aromatic heterocycles. The number of carbonyl (C=O) groups is 2. The summed E-state index contributed by atoms with van der Waals surface area (Å²) in [6, 6.07) is 6.41. The lowest BCUT2D eigenvalue weighted by molar-refractivity contribution is 0.0696. The smallest absolute Gasteiger partial charge is 0.335 e. The molecule has 2 N–H and O–H groups in total. The van der Waals surface area contributed by atoms with Crippen LogP contribution in [0, 0.1) is 11.8 Å². The van der Waals surface area contributed by atoms with Crippen molar-refractivity contribution in [3.63, 3.8) is 0 Å². The van der Waals surface area contributed by atoms with Crippen LogP contribution in [0.3, 0.4) is 0 Å². The highest BCUT2D eigenvalue weighted by Crippen LogP contribution is 2.14. The molecule has 7 heteroatoms. The van der Waals surface area contributed by atoms with Gasteiger partial charge in [0, 0.05) is 11.9 Å². The highest BCUT2D eigenvalue weighted by molar-refractivity contribution is 6.04. The van der Waals surface area contributed by atoms with E-state index in [1.165, 1.54) is 24.3 Å². The Hall–Kier alpha value is -2.83. The van der Waals surface area contributed by atoms with E-state index in [4.69, 9.17) is 5.11 Å². The molecule has 0 unspecified atom stereocenters. The van der Waals surface area contributed by atoms with Gasteiger partial charge in [0.05, 0.1) is 11.1 Å². The molecule has 20 heavy (non-hydrogen) atoms. The van der Waals surface area contributed by atoms with E-state index in [1.54, 1.807) is 0 Å². The Labute approximate surface area is 111 Å². The normalized spacial score (nSPS) is 10.1. The Kier molecular flexibility index (Phi) is 3.69. The third-order valence-electron chi connectivity index (χ3n) is 2.46. The zero-order chi connectivity index (χ0) is 14.7. The molecule has 0 bridgehead atoms. The monoisotopic (exact) mass is 278 g/mol. The fraction of sp³-hybridized carbons (Fsp3) is 0. The molecule has 2 rings (SSSR count). The maximum Gasteiger partial charge on any atom is 0.335 e. The molecule has 1 aromatic carbocycles. The Morgan fingerprint density at radius 2 is 1.95 bits per heavy atom. The van der Waals surface area contributed by atoms with E-state index in [0.29, 0.717) is 0 Å². The zero-order valence-electron chi connectivity index (χ0n) is 9.93. The van der Waals surface area contributed by atoms with E-state index in [0.717, 1.165) is 12.3 Å². The number of carboxylic acid groups (broad SMARTS) is 1. The van der Waals surface area contributed by atoms with Crippen LogP contribution in [0.15, 0.2) is 36.5 Å². The van der Waals surface area contributed by atoms with Crippen molar-refractivity contribution in [2.75, 3.05) is 5.32 Å². The Morgan fingerprint density at radius 1 is 1.20 bits per heavy atom. The van der Waals surface area contributed by atoms with Crippen molar-refractivity contribution in [1.29, 1.82) is 0 Å². The Bertz CT molecular complexity index is 689. The van der Waals surface area contributed by atoms with Crippen molar-refractivity contribution in [3.05, 3.63) is 59.4 Å². The number of hydrogen-bond donors (Lipinski definition) is 2. The molecule has 0 aliphatic carbocycles. The fourth-order valence-electron chi connectivity index (χ4n) is 1.52. The summed E-state index contributed by atoms with van der Waals surface area (Å²) in [5, 5.41) is 11.1.